The molecule has 0 aliphatic carbocycles. The number of rotatable bonds is 8. The molecule has 16 heavy (non-hydrogen) atoms. The summed E-state index contributed by atoms with van der Waals surface area (Å²) in [6.07, 6.45) is -3.49. The second kappa shape index (κ2) is 6.77. The quantitative estimate of drug-likeness (QED) is 0.474. The van der Waals surface area contributed by atoms with Crippen LogP contribution in [0.5, 0.6) is 0 Å². The summed E-state index contributed by atoms with van der Waals surface area (Å²) in [6, 6.07) is 0. The Hall–Kier alpha value is -0.730. The third-order valence-electron chi connectivity index (χ3n) is 2.22. The molecule has 0 aromatic rings. The van der Waals surface area contributed by atoms with Crippen molar-refractivity contribution in [3.8, 4) is 0 Å². The van der Waals surface area contributed by atoms with Crippen molar-refractivity contribution in [2.24, 2.45) is 0 Å². The van der Waals surface area contributed by atoms with Gasteiger partial charge in [0.2, 0.25) is 0 Å². The lowest BCUT2D eigenvalue weighted by molar-refractivity contribution is -0.363. The maximum atomic E-state index is 10.3. The predicted octanol–water partition coefficient (Wildman–Crippen LogP) is -0.834. The Morgan fingerprint density at radius 3 is 1.88 bits per heavy atom. The van der Waals surface area contributed by atoms with Crippen LogP contribution in [0.1, 0.15) is 12.8 Å². The first-order valence-electron chi connectivity index (χ1n) is 4.64. The molecule has 0 heterocycles. The van der Waals surface area contributed by atoms with Crippen LogP contribution in [0.3, 0.4) is 0 Å². The van der Waals surface area contributed by atoms with E-state index in [1.807, 2.05) is 0 Å². The Morgan fingerprint density at radius 1 is 1.12 bits per heavy atom. The number of aliphatic hydroxyl groups is 2. The Bertz CT molecular complexity index is 206. The van der Waals surface area contributed by atoms with Gasteiger partial charge in [-0.15, -0.1) is 0 Å². The van der Waals surface area contributed by atoms with Crippen molar-refractivity contribution in [3.05, 3.63) is 0 Å². The zero-order valence-corrected chi connectivity index (χ0v) is 9.54. The Kier molecular flexibility index (Phi) is 6.46. The summed E-state index contributed by atoms with van der Waals surface area (Å²) in [7, 11) is 3.93. The van der Waals surface area contributed by atoms with Crippen LogP contribution in [0.4, 0.5) is 0 Å². The summed E-state index contributed by atoms with van der Waals surface area (Å²) in [5, 5.41) is 27.3. The minimum atomic E-state index is -1.49. The lowest BCUT2D eigenvalue weighted by atomic mass is 10.1. The molecule has 0 saturated carbocycles. The highest BCUT2D eigenvalue weighted by Gasteiger charge is 2.35. The third-order valence-corrected chi connectivity index (χ3v) is 2.22. The number of aliphatic hydroxyl groups excluding tert-OH is 2. The van der Waals surface area contributed by atoms with Gasteiger partial charge in [0.15, 0.2) is 0 Å². The maximum absolute atomic E-state index is 10.3. The summed E-state index contributed by atoms with van der Waals surface area (Å²) < 4.78 is 14.7. The second-order valence-corrected chi connectivity index (χ2v) is 3.23. The lowest BCUT2D eigenvalue weighted by Gasteiger charge is -2.31. The summed E-state index contributed by atoms with van der Waals surface area (Å²) in [6.45, 7) is 0. The molecular weight excluding hydrogens is 220 g/mol. The molecule has 0 aliphatic heterocycles. The van der Waals surface area contributed by atoms with Gasteiger partial charge in [-0.3, -0.25) is 4.79 Å². The van der Waals surface area contributed by atoms with E-state index in [9.17, 15) is 15.0 Å². The minimum absolute atomic E-state index is 0.203. The number of carboxylic acids is 1. The van der Waals surface area contributed by atoms with Crippen LogP contribution < -0.4 is 0 Å². The zero-order valence-electron chi connectivity index (χ0n) is 9.54. The van der Waals surface area contributed by atoms with Crippen molar-refractivity contribution >= 4 is 5.97 Å². The first-order valence-corrected chi connectivity index (χ1v) is 4.64. The molecule has 2 atom stereocenters. The van der Waals surface area contributed by atoms with Crippen LogP contribution in [-0.2, 0) is 19.0 Å². The van der Waals surface area contributed by atoms with E-state index in [1.165, 1.54) is 21.3 Å². The van der Waals surface area contributed by atoms with E-state index in [0.29, 0.717) is 0 Å². The van der Waals surface area contributed by atoms with Crippen molar-refractivity contribution in [1.82, 2.24) is 0 Å². The molecule has 0 aromatic heterocycles. The van der Waals surface area contributed by atoms with E-state index in [4.69, 9.17) is 19.3 Å². The van der Waals surface area contributed by atoms with Gasteiger partial charge in [0.25, 0.3) is 5.97 Å². The topological polar surface area (TPSA) is 105 Å². The molecule has 0 saturated heterocycles. The van der Waals surface area contributed by atoms with Crippen LogP contribution in [0, 0.1) is 0 Å². The van der Waals surface area contributed by atoms with E-state index < -0.39 is 30.6 Å². The van der Waals surface area contributed by atoms with Crippen molar-refractivity contribution < 1.29 is 34.3 Å². The largest absolute Gasteiger partial charge is 0.481 e. The van der Waals surface area contributed by atoms with Gasteiger partial charge < -0.3 is 29.5 Å². The summed E-state index contributed by atoms with van der Waals surface area (Å²) in [4.78, 5) is 10.3. The summed E-state index contributed by atoms with van der Waals surface area (Å²) in [5.41, 5.74) is 0. The highest BCUT2D eigenvalue weighted by molar-refractivity contribution is 5.67. The van der Waals surface area contributed by atoms with Gasteiger partial charge in [-0.05, 0) is 0 Å². The highest BCUT2D eigenvalue weighted by Crippen LogP contribution is 2.21. The average Bonchev–Trinajstić information content (AvgIpc) is 2.25. The van der Waals surface area contributed by atoms with Gasteiger partial charge in [0.05, 0.1) is 25.0 Å². The number of carboxylic acid groups (broad SMARTS) is 1. The molecule has 0 radical (unpaired) electrons. The predicted molar refractivity (Wildman–Crippen MR) is 52.6 cm³/mol. The average molecular weight is 238 g/mol. The standard InChI is InChI=1S/C9H18O7/c1-14-9(15-2,16-3)5-7(11)6(10)4-8(12)13/h6-7,10-11H,4-5H2,1-3H3,(H,12,13). The Balaban J connectivity index is 4.39. The molecule has 3 N–H and O–H groups in total. The molecule has 2 unspecified atom stereocenters. The molecule has 7 heteroatoms. The zero-order chi connectivity index (χ0) is 12.8. The number of methoxy groups -OCH3 is 3. The van der Waals surface area contributed by atoms with Crippen molar-refractivity contribution in [3.63, 3.8) is 0 Å². The number of ether oxygens (including phenoxy) is 3. The number of hydrogen-bond acceptors (Lipinski definition) is 6. The number of hydrogen-bond donors (Lipinski definition) is 3. The molecule has 0 bridgehead atoms. The van der Waals surface area contributed by atoms with Crippen LogP contribution in [0.15, 0.2) is 0 Å². The Labute approximate surface area is 93.5 Å². The monoisotopic (exact) mass is 238 g/mol. The van der Waals surface area contributed by atoms with Crippen LogP contribution in [0.2, 0.25) is 0 Å². The van der Waals surface area contributed by atoms with Gasteiger partial charge in [-0.1, -0.05) is 0 Å². The number of aliphatic carboxylic acids is 1. The summed E-state index contributed by atoms with van der Waals surface area (Å²) in [5.74, 6) is -2.69. The lowest BCUT2D eigenvalue weighted by Crippen LogP contribution is -2.43. The molecule has 0 spiro atoms. The number of carbonyl (C=O) groups is 1. The van der Waals surface area contributed by atoms with Gasteiger partial charge in [-0.25, -0.2) is 0 Å². The molecule has 0 amide bonds. The molecule has 0 aliphatic rings. The fourth-order valence-corrected chi connectivity index (χ4v) is 1.21. The van der Waals surface area contributed by atoms with Crippen LogP contribution >= 0.6 is 0 Å². The van der Waals surface area contributed by atoms with Gasteiger partial charge >= 0.3 is 5.97 Å². The minimum Gasteiger partial charge on any atom is -0.481 e. The molecule has 0 rings (SSSR count). The van der Waals surface area contributed by atoms with E-state index in [-0.39, 0.29) is 6.42 Å². The maximum Gasteiger partial charge on any atom is 0.306 e. The highest BCUT2D eigenvalue weighted by atomic mass is 16.9. The van der Waals surface area contributed by atoms with E-state index in [2.05, 4.69) is 0 Å². The summed E-state index contributed by atoms with van der Waals surface area (Å²) >= 11 is 0. The first-order chi connectivity index (χ1) is 7.40. The molecular formula is C9H18O7. The van der Waals surface area contributed by atoms with E-state index >= 15 is 0 Å². The molecule has 0 fully saturated rings. The SMILES string of the molecule is COC(CC(O)C(O)CC(=O)O)(OC)OC. The molecule has 96 valence electrons. The van der Waals surface area contributed by atoms with Gasteiger partial charge in [-0.2, -0.15) is 0 Å². The van der Waals surface area contributed by atoms with E-state index in [1.54, 1.807) is 0 Å². The molecule has 0 aromatic carbocycles. The van der Waals surface area contributed by atoms with E-state index in [0.717, 1.165) is 0 Å². The molecule has 7 nitrogen and oxygen atoms in total. The fourth-order valence-electron chi connectivity index (χ4n) is 1.21. The van der Waals surface area contributed by atoms with Gasteiger partial charge in [0.1, 0.15) is 0 Å². The second-order valence-electron chi connectivity index (χ2n) is 3.23. The van der Waals surface area contributed by atoms with Crippen molar-refractivity contribution in [2.45, 2.75) is 31.0 Å². The first kappa shape index (κ1) is 15.3. The third kappa shape index (κ3) is 4.42. The van der Waals surface area contributed by atoms with Crippen molar-refractivity contribution in [1.29, 1.82) is 0 Å². The van der Waals surface area contributed by atoms with Crippen LogP contribution in [0.25, 0.3) is 0 Å². The Morgan fingerprint density at radius 2 is 1.56 bits per heavy atom. The van der Waals surface area contributed by atoms with Crippen LogP contribution in [-0.4, -0.2) is 60.8 Å². The van der Waals surface area contributed by atoms with Gasteiger partial charge in [0, 0.05) is 21.3 Å². The normalized spacial score (nSPS) is 15.8. The smallest absolute Gasteiger partial charge is 0.306 e. The van der Waals surface area contributed by atoms with Crippen molar-refractivity contribution in [2.75, 3.05) is 21.3 Å². The fraction of sp³-hybridized carbons (Fsp3) is 0.889.